The Kier molecular flexibility index (Phi) is 4.70. The first-order valence-electron chi connectivity index (χ1n) is 8.22. The predicted octanol–water partition coefficient (Wildman–Crippen LogP) is 4.28. The molecule has 0 fully saturated rings. The molecule has 0 saturated heterocycles. The summed E-state index contributed by atoms with van der Waals surface area (Å²) < 4.78 is 31.4. The van der Waals surface area contributed by atoms with Crippen LogP contribution >= 0.6 is 11.8 Å². The zero-order valence-corrected chi connectivity index (χ0v) is 15.5. The molecule has 0 radical (unpaired) electrons. The molecule has 0 amide bonds. The van der Waals surface area contributed by atoms with Crippen LogP contribution in [0.25, 0.3) is 0 Å². The molecule has 1 aliphatic heterocycles. The Morgan fingerprint density at radius 1 is 1.04 bits per heavy atom. The van der Waals surface area contributed by atoms with E-state index in [1.807, 2.05) is 54.6 Å². The van der Waals surface area contributed by atoms with Crippen molar-refractivity contribution in [2.24, 2.45) is 0 Å². The number of fused-ring (bicyclic) bond motifs is 1. The van der Waals surface area contributed by atoms with Gasteiger partial charge in [0.05, 0.1) is 11.0 Å². The molecule has 3 aromatic rings. The molecule has 0 bridgehead atoms. The minimum Gasteiger partial charge on any atom is -0.487 e. The first-order valence-corrected chi connectivity index (χ1v) is 10.8. The molecule has 1 atom stereocenters. The molecule has 2 aromatic carbocycles. The Balaban J connectivity index is 1.63. The molecule has 0 spiro atoms. The Bertz CT molecular complexity index is 1010. The highest BCUT2D eigenvalue weighted by Gasteiger charge is 2.38. The highest BCUT2D eigenvalue weighted by Crippen LogP contribution is 2.48. The molecule has 0 aliphatic carbocycles. The lowest BCUT2D eigenvalue weighted by Crippen LogP contribution is -2.04. The van der Waals surface area contributed by atoms with E-state index in [2.05, 4.69) is 4.98 Å². The van der Waals surface area contributed by atoms with Crippen molar-refractivity contribution in [3.05, 3.63) is 84.2 Å². The zero-order chi connectivity index (χ0) is 18.0. The molecular formula is C20H17NO3S2. The summed E-state index contributed by atoms with van der Waals surface area (Å²) in [6.45, 7) is 0.288. The van der Waals surface area contributed by atoms with E-state index in [9.17, 15) is 8.42 Å². The molecule has 1 unspecified atom stereocenters. The van der Waals surface area contributed by atoms with Crippen LogP contribution in [-0.4, -0.2) is 19.2 Å². The quantitative estimate of drug-likeness (QED) is 0.658. The van der Waals surface area contributed by atoms with Gasteiger partial charge < -0.3 is 4.74 Å². The van der Waals surface area contributed by atoms with Crippen molar-refractivity contribution in [1.82, 2.24) is 4.98 Å². The van der Waals surface area contributed by atoms with Crippen molar-refractivity contribution in [2.45, 2.75) is 21.6 Å². The summed E-state index contributed by atoms with van der Waals surface area (Å²) in [4.78, 5) is 5.44. The number of hydrogen-bond donors (Lipinski definition) is 0. The predicted molar refractivity (Wildman–Crippen MR) is 102 cm³/mol. The van der Waals surface area contributed by atoms with Gasteiger partial charge in [-0.2, -0.15) is 0 Å². The lowest BCUT2D eigenvalue weighted by molar-refractivity contribution is 0.297. The first kappa shape index (κ1) is 17.1. The maximum Gasteiger partial charge on any atom is 0.183 e. The van der Waals surface area contributed by atoms with Crippen molar-refractivity contribution in [3.63, 3.8) is 0 Å². The smallest absolute Gasteiger partial charge is 0.183 e. The summed E-state index contributed by atoms with van der Waals surface area (Å²) in [5.74, 6) is 0.511. The number of aromatic nitrogens is 1. The van der Waals surface area contributed by atoms with Gasteiger partial charge in [0.15, 0.2) is 9.84 Å². The zero-order valence-electron chi connectivity index (χ0n) is 13.9. The maximum absolute atomic E-state index is 12.8. The number of ether oxygens (including phenoxy) is 1. The normalized spacial score (nSPS) is 17.6. The second-order valence-corrected chi connectivity index (χ2v) is 9.27. The van der Waals surface area contributed by atoms with Crippen LogP contribution in [0.3, 0.4) is 0 Å². The minimum atomic E-state index is -3.37. The lowest BCUT2D eigenvalue weighted by Gasteiger charge is -2.12. The second-order valence-electron chi connectivity index (χ2n) is 6.03. The van der Waals surface area contributed by atoms with Crippen LogP contribution in [-0.2, 0) is 16.4 Å². The van der Waals surface area contributed by atoms with Crippen LogP contribution in [0.15, 0.2) is 82.8 Å². The Morgan fingerprint density at radius 3 is 2.65 bits per heavy atom. The standard InChI is InChI=1S/C20H17NO3S2/c22-26(23)14-19(25-16-7-2-1-3-8-16)17-9-4-10-18(20(17)26)24-13-15-6-5-11-21-12-15/h1-12,19H,13-14H2. The third kappa shape index (κ3) is 3.48. The Labute approximate surface area is 157 Å². The molecule has 2 heterocycles. The average Bonchev–Trinajstić information content (AvgIpc) is 2.92. The topological polar surface area (TPSA) is 56.3 Å². The number of thioether (sulfide) groups is 1. The monoisotopic (exact) mass is 383 g/mol. The summed E-state index contributed by atoms with van der Waals surface area (Å²) in [6, 6.07) is 19.1. The van der Waals surface area contributed by atoms with E-state index in [-0.39, 0.29) is 17.6 Å². The van der Waals surface area contributed by atoms with Gasteiger partial charge in [-0.05, 0) is 29.8 Å². The van der Waals surface area contributed by atoms with Crippen LogP contribution in [0, 0.1) is 0 Å². The molecule has 1 aromatic heterocycles. The second kappa shape index (κ2) is 7.13. The Morgan fingerprint density at radius 2 is 1.88 bits per heavy atom. The van der Waals surface area contributed by atoms with E-state index < -0.39 is 9.84 Å². The molecular weight excluding hydrogens is 366 g/mol. The first-order chi connectivity index (χ1) is 12.6. The van der Waals surface area contributed by atoms with Gasteiger partial charge in [-0.1, -0.05) is 36.4 Å². The van der Waals surface area contributed by atoms with Crippen molar-refractivity contribution >= 4 is 21.6 Å². The van der Waals surface area contributed by atoms with Crippen LogP contribution < -0.4 is 4.74 Å². The lowest BCUT2D eigenvalue weighted by atomic mass is 10.1. The fourth-order valence-corrected chi connectivity index (χ4v) is 6.61. The summed E-state index contributed by atoms with van der Waals surface area (Å²) >= 11 is 1.57. The third-order valence-corrected chi connectivity index (χ3v) is 7.47. The van der Waals surface area contributed by atoms with Crippen molar-refractivity contribution in [3.8, 4) is 5.75 Å². The number of rotatable bonds is 5. The molecule has 4 rings (SSSR count). The van der Waals surface area contributed by atoms with E-state index in [1.54, 1.807) is 30.2 Å². The van der Waals surface area contributed by atoms with E-state index >= 15 is 0 Å². The molecule has 26 heavy (non-hydrogen) atoms. The molecule has 1 aliphatic rings. The van der Waals surface area contributed by atoms with E-state index in [4.69, 9.17) is 4.74 Å². The van der Waals surface area contributed by atoms with Gasteiger partial charge in [0.25, 0.3) is 0 Å². The molecule has 0 saturated carbocycles. The van der Waals surface area contributed by atoms with Crippen LogP contribution in [0.1, 0.15) is 16.4 Å². The van der Waals surface area contributed by atoms with E-state index in [0.29, 0.717) is 10.6 Å². The van der Waals surface area contributed by atoms with Crippen LogP contribution in [0.2, 0.25) is 0 Å². The van der Waals surface area contributed by atoms with Gasteiger partial charge in [-0.25, -0.2) is 8.42 Å². The molecule has 6 heteroatoms. The molecule has 132 valence electrons. The van der Waals surface area contributed by atoms with Gasteiger partial charge in [-0.3, -0.25) is 4.98 Å². The number of hydrogen-bond acceptors (Lipinski definition) is 5. The average molecular weight is 383 g/mol. The summed E-state index contributed by atoms with van der Waals surface area (Å²) in [7, 11) is -3.37. The summed E-state index contributed by atoms with van der Waals surface area (Å²) in [6.07, 6.45) is 3.41. The van der Waals surface area contributed by atoms with Crippen LogP contribution in [0.4, 0.5) is 0 Å². The fourth-order valence-electron chi connectivity index (χ4n) is 3.01. The molecule has 0 N–H and O–H groups in total. The summed E-state index contributed by atoms with van der Waals surface area (Å²) in [5, 5.41) is -0.126. The van der Waals surface area contributed by atoms with Gasteiger partial charge in [0, 0.05) is 22.9 Å². The van der Waals surface area contributed by atoms with Gasteiger partial charge in [0.2, 0.25) is 0 Å². The van der Waals surface area contributed by atoms with Crippen molar-refractivity contribution in [1.29, 1.82) is 0 Å². The van der Waals surface area contributed by atoms with E-state index in [0.717, 1.165) is 16.0 Å². The maximum atomic E-state index is 12.8. The molecule has 4 nitrogen and oxygen atoms in total. The highest BCUT2D eigenvalue weighted by atomic mass is 32.2. The van der Waals surface area contributed by atoms with Crippen molar-refractivity contribution in [2.75, 3.05) is 5.75 Å². The van der Waals surface area contributed by atoms with Crippen LogP contribution in [0.5, 0.6) is 5.75 Å². The number of benzene rings is 2. The third-order valence-electron chi connectivity index (χ3n) is 4.18. The van der Waals surface area contributed by atoms with E-state index in [1.165, 1.54) is 0 Å². The highest BCUT2D eigenvalue weighted by molar-refractivity contribution is 8.01. The van der Waals surface area contributed by atoms with Gasteiger partial charge in [-0.15, -0.1) is 11.8 Å². The summed E-state index contributed by atoms with van der Waals surface area (Å²) in [5.41, 5.74) is 1.72. The Hall–Kier alpha value is -2.31. The largest absolute Gasteiger partial charge is 0.487 e. The van der Waals surface area contributed by atoms with Gasteiger partial charge >= 0.3 is 0 Å². The number of pyridine rings is 1. The van der Waals surface area contributed by atoms with Crippen molar-refractivity contribution < 1.29 is 13.2 Å². The SMILES string of the molecule is O=S1(=O)CC(Sc2ccccc2)c2cccc(OCc3cccnc3)c21. The number of sulfone groups is 1. The number of nitrogens with zero attached hydrogens (tertiary/aromatic N) is 1. The minimum absolute atomic E-state index is 0.0924. The van der Waals surface area contributed by atoms with Gasteiger partial charge in [0.1, 0.15) is 17.3 Å². The fraction of sp³-hybridized carbons (Fsp3) is 0.150.